The summed E-state index contributed by atoms with van der Waals surface area (Å²) in [5.41, 5.74) is 5.17. The number of nitrogens with zero attached hydrogens (tertiary/aromatic N) is 1. The Morgan fingerprint density at radius 3 is 2.10 bits per heavy atom. The number of aryl methyl sites for hydroxylation is 1. The van der Waals surface area contributed by atoms with E-state index >= 15 is 0 Å². The third-order valence-corrected chi connectivity index (χ3v) is 5.19. The van der Waals surface area contributed by atoms with Gasteiger partial charge in [0.2, 0.25) is 5.91 Å². The molecule has 1 amide bonds. The van der Waals surface area contributed by atoms with E-state index in [1.165, 1.54) is 0 Å². The van der Waals surface area contributed by atoms with Gasteiger partial charge in [0.1, 0.15) is 5.69 Å². The molecule has 0 unspecified atom stereocenters. The second kappa shape index (κ2) is 9.92. The highest BCUT2D eigenvalue weighted by molar-refractivity contribution is 5.90. The van der Waals surface area contributed by atoms with Crippen LogP contribution in [0.3, 0.4) is 0 Å². The largest absolute Gasteiger partial charge is 0.461 e. The molecule has 0 bridgehead atoms. The standard InChI is InChI=1S/C25H28N2O3/c1-4-30-25(29)24-18(2)22(19(3)26-24)17-27(16-21-13-9-6-10-14-21)23(28)15-20-11-7-5-8-12-20/h5-14,26H,4,15-17H2,1-3H3. The summed E-state index contributed by atoms with van der Waals surface area (Å²) in [6, 6.07) is 19.7. The van der Waals surface area contributed by atoms with Crippen molar-refractivity contribution in [3.8, 4) is 0 Å². The van der Waals surface area contributed by atoms with Gasteiger partial charge in [0.25, 0.3) is 0 Å². The molecule has 2 aromatic carbocycles. The van der Waals surface area contributed by atoms with Crippen LogP contribution in [0.5, 0.6) is 0 Å². The molecule has 0 saturated heterocycles. The van der Waals surface area contributed by atoms with Crippen molar-refractivity contribution in [1.82, 2.24) is 9.88 Å². The minimum Gasteiger partial charge on any atom is -0.461 e. The highest BCUT2D eigenvalue weighted by Crippen LogP contribution is 2.22. The van der Waals surface area contributed by atoms with Crippen molar-refractivity contribution in [1.29, 1.82) is 0 Å². The lowest BCUT2D eigenvalue weighted by Crippen LogP contribution is -2.31. The van der Waals surface area contributed by atoms with Crippen LogP contribution < -0.4 is 0 Å². The summed E-state index contributed by atoms with van der Waals surface area (Å²) in [5.74, 6) is -0.322. The number of aromatic amines is 1. The molecule has 0 atom stereocenters. The van der Waals surface area contributed by atoms with Gasteiger partial charge >= 0.3 is 5.97 Å². The van der Waals surface area contributed by atoms with Crippen LogP contribution in [0.1, 0.15) is 45.4 Å². The summed E-state index contributed by atoms with van der Waals surface area (Å²) >= 11 is 0. The molecule has 3 aromatic rings. The van der Waals surface area contributed by atoms with Gasteiger partial charge < -0.3 is 14.6 Å². The van der Waals surface area contributed by atoms with Gasteiger partial charge in [-0.15, -0.1) is 0 Å². The van der Waals surface area contributed by atoms with Crippen molar-refractivity contribution in [2.24, 2.45) is 0 Å². The Balaban J connectivity index is 1.87. The average molecular weight is 405 g/mol. The number of benzene rings is 2. The van der Waals surface area contributed by atoms with E-state index in [2.05, 4.69) is 4.98 Å². The van der Waals surface area contributed by atoms with Crippen molar-refractivity contribution < 1.29 is 14.3 Å². The van der Waals surface area contributed by atoms with Crippen LogP contribution in [0, 0.1) is 13.8 Å². The van der Waals surface area contributed by atoms with Crippen LogP contribution in [-0.2, 0) is 29.0 Å². The van der Waals surface area contributed by atoms with E-state index in [0.29, 0.717) is 31.8 Å². The lowest BCUT2D eigenvalue weighted by molar-refractivity contribution is -0.131. The molecule has 30 heavy (non-hydrogen) atoms. The van der Waals surface area contributed by atoms with Gasteiger partial charge in [-0.25, -0.2) is 4.79 Å². The number of hydrogen-bond donors (Lipinski definition) is 1. The number of aromatic nitrogens is 1. The first-order valence-corrected chi connectivity index (χ1v) is 10.2. The molecule has 0 fully saturated rings. The third-order valence-electron chi connectivity index (χ3n) is 5.19. The first kappa shape index (κ1) is 21.4. The van der Waals surface area contributed by atoms with Crippen LogP contribution in [0.2, 0.25) is 0 Å². The fraction of sp³-hybridized carbons (Fsp3) is 0.280. The third kappa shape index (κ3) is 5.17. The van der Waals surface area contributed by atoms with E-state index in [-0.39, 0.29) is 11.9 Å². The lowest BCUT2D eigenvalue weighted by atomic mass is 10.1. The normalized spacial score (nSPS) is 10.6. The second-order valence-corrected chi connectivity index (χ2v) is 7.35. The van der Waals surface area contributed by atoms with Crippen molar-refractivity contribution in [3.05, 3.63) is 94.3 Å². The van der Waals surface area contributed by atoms with Crippen LogP contribution >= 0.6 is 0 Å². The van der Waals surface area contributed by atoms with Gasteiger partial charge in [0, 0.05) is 18.8 Å². The molecular formula is C25H28N2O3. The number of hydrogen-bond acceptors (Lipinski definition) is 3. The number of esters is 1. The maximum absolute atomic E-state index is 13.2. The molecule has 3 rings (SSSR count). The predicted octanol–water partition coefficient (Wildman–Crippen LogP) is 4.58. The van der Waals surface area contributed by atoms with Crippen LogP contribution in [0.4, 0.5) is 0 Å². The maximum atomic E-state index is 13.2. The van der Waals surface area contributed by atoms with Crippen LogP contribution in [0.25, 0.3) is 0 Å². The Morgan fingerprint density at radius 2 is 1.50 bits per heavy atom. The Hall–Kier alpha value is -3.34. The van der Waals surface area contributed by atoms with Gasteiger partial charge in [-0.3, -0.25) is 4.79 Å². The van der Waals surface area contributed by atoms with Crippen molar-refractivity contribution in [2.75, 3.05) is 6.61 Å². The highest BCUT2D eigenvalue weighted by Gasteiger charge is 2.22. The Bertz CT molecular complexity index is 994. The van der Waals surface area contributed by atoms with Crippen molar-refractivity contribution >= 4 is 11.9 Å². The predicted molar refractivity (Wildman–Crippen MR) is 117 cm³/mol. The Labute approximate surface area is 177 Å². The number of nitrogens with one attached hydrogen (secondary N) is 1. The SMILES string of the molecule is CCOC(=O)c1[nH]c(C)c(CN(Cc2ccccc2)C(=O)Cc2ccccc2)c1C. The zero-order chi connectivity index (χ0) is 21.5. The summed E-state index contributed by atoms with van der Waals surface area (Å²) in [6.45, 7) is 6.86. The minimum absolute atomic E-state index is 0.0442. The molecule has 1 aromatic heterocycles. The van der Waals surface area contributed by atoms with Gasteiger partial charge in [-0.05, 0) is 43.0 Å². The van der Waals surface area contributed by atoms with E-state index in [1.54, 1.807) is 6.92 Å². The van der Waals surface area contributed by atoms with Crippen molar-refractivity contribution in [2.45, 2.75) is 40.3 Å². The van der Waals surface area contributed by atoms with E-state index in [4.69, 9.17) is 4.74 Å². The number of amides is 1. The molecule has 0 radical (unpaired) electrons. The van der Waals surface area contributed by atoms with Gasteiger partial charge in [-0.1, -0.05) is 60.7 Å². The summed E-state index contributed by atoms with van der Waals surface area (Å²) in [4.78, 5) is 30.5. The van der Waals surface area contributed by atoms with Crippen LogP contribution in [0.15, 0.2) is 60.7 Å². The molecular weight excluding hydrogens is 376 g/mol. The zero-order valence-corrected chi connectivity index (χ0v) is 17.8. The van der Waals surface area contributed by atoms with Gasteiger partial charge in [-0.2, -0.15) is 0 Å². The quantitative estimate of drug-likeness (QED) is 0.559. The topological polar surface area (TPSA) is 62.4 Å². The van der Waals surface area contributed by atoms with Gasteiger partial charge in [0.15, 0.2) is 0 Å². The van der Waals surface area contributed by atoms with Gasteiger partial charge in [0.05, 0.1) is 13.0 Å². The van der Waals surface area contributed by atoms with E-state index in [9.17, 15) is 9.59 Å². The molecule has 1 N–H and O–H groups in total. The fourth-order valence-corrected chi connectivity index (χ4v) is 3.54. The highest BCUT2D eigenvalue weighted by atomic mass is 16.5. The average Bonchev–Trinajstić information content (AvgIpc) is 3.03. The number of rotatable bonds is 8. The second-order valence-electron chi connectivity index (χ2n) is 7.35. The first-order valence-electron chi connectivity index (χ1n) is 10.2. The maximum Gasteiger partial charge on any atom is 0.355 e. The number of ether oxygens (including phenoxy) is 1. The van der Waals surface area contributed by atoms with E-state index in [0.717, 1.165) is 27.9 Å². The van der Waals surface area contributed by atoms with Crippen LogP contribution in [-0.4, -0.2) is 28.4 Å². The number of H-pyrrole nitrogens is 1. The molecule has 0 saturated carbocycles. The summed E-state index contributed by atoms with van der Waals surface area (Å²) in [7, 11) is 0. The zero-order valence-electron chi connectivity index (χ0n) is 17.8. The molecule has 0 aliphatic carbocycles. The van der Waals surface area contributed by atoms with E-state index in [1.807, 2.05) is 79.4 Å². The number of carbonyl (C=O) groups excluding carboxylic acids is 2. The lowest BCUT2D eigenvalue weighted by Gasteiger charge is -2.24. The molecule has 5 heteroatoms. The summed E-state index contributed by atoms with van der Waals surface area (Å²) in [5, 5.41) is 0. The molecule has 0 aliphatic rings. The molecule has 1 heterocycles. The molecule has 0 aliphatic heterocycles. The Kier molecular flexibility index (Phi) is 7.07. The summed E-state index contributed by atoms with van der Waals surface area (Å²) in [6.07, 6.45) is 0.334. The Morgan fingerprint density at radius 1 is 0.900 bits per heavy atom. The molecule has 5 nitrogen and oxygen atoms in total. The molecule has 156 valence electrons. The van der Waals surface area contributed by atoms with E-state index < -0.39 is 0 Å². The fourth-order valence-electron chi connectivity index (χ4n) is 3.54. The molecule has 0 spiro atoms. The monoisotopic (exact) mass is 404 g/mol. The minimum atomic E-state index is -0.366. The smallest absolute Gasteiger partial charge is 0.355 e. The van der Waals surface area contributed by atoms with Crippen molar-refractivity contribution in [3.63, 3.8) is 0 Å². The number of carbonyl (C=O) groups is 2. The summed E-state index contributed by atoms with van der Waals surface area (Å²) < 4.78 is 5.15. The first-order chi connectivity index (χ1) is 14.5.